The molecule has 5 rings (SSSR count). The van der Waals surface area contributed by atoms with Crippen LogP contribution in [0.1, 0.15) is 22.7 Å². The van der Waals surface area contributed by atoms with Gasteiger partial charge in [0.15, 0.2) is 0 Å². The number of fused-ring (bicyclic) bond motifs is 1. The van der Waals surface area contributed by atoms with Crippen LogP contribution in [-0.4, -0.2) is 64.4 Å². The van der Waals surface area contributed by atoms with Gasteiger partial charge < -0.3 is 19.5 Å². The summed E-state index contributed by atoms with van der Waals surface area (Å²) in [6, 6.07) is 12.0. The van der Waals surface area contributed by atoms with Crippen molar-refractivity contribution in [2.75, 3.05) is 19.8 Å². The first-order valence-corrected chi connectivity index (χ1v) is 11.9. The molecule has 0 unspecified atom stereocenters. The van der Waals surface area contributed by atoms with Gasteiger partial charge in [-0.1, -0.05) is 30.3 Å². The molecular weight excluding hydrogens is 448 g/mol. The fraction of sp³-hybridized carbons (Fsp3) is 0.318. The van der Waals surface area contributed by atoms with Crippen molar-refractivity contribution in [2.45, 2.75) is 30.0 Å². The smallest absolute Gasteiger partial charge is 0.284 e. The Balaban J connectivity index is 1.29. The number of amides is 1. The zero-order valence-corrected chi connectivity index (χ0v) is 18.4. The lowest BCUT2D eigenvalue weighted by molar-refractivity contribution is -0.134. The summed E-state index contributed by atoms with van der Waals surface area (Å²) in [5, 5.41) is 14.0. The SMILES string of the molecule is O=C([C@H](CO)c1ccccc1)N1Cc2cn(S(=O)(=O)c3ccc(OC4COC4)nc3)nc2C1. The molecule has 2 aliphatic rings. The lowest BCUT2D eigenvalue weighted by atomic mass is 9.98. The Morgan fingerprint density at radius 1 is 1.18 bits per heavy atom. The molecule has 10 nitrogen and oxygen atoms in total. The van der Waals surface area contributed by atoms with E-state index in [-0.39, 0.29) is 36.6 Å². The van der Waals surface area contributed by atoms with Crippen LogP contribution >= 0.6 is 0 Å². The van der Waals surface area contributed by atoms with Crippen LogP contribution in [0.15, 0.2) is 59.8 Å². The summed E-state index contributed by atoms with van der Waals surface area (Å²) in [6.07, 6.45) is 2.59. The molecule has 33 heavy (non-hydrogen) atoms. The molecule has 4 heterocycles. The van der Waals surface area contributed by atoms with Crippen LogP contribution in [0.5, 0.6) is 5.88 Å². The number of aromatic nitrogens is 3. The number of rotatable bonds is 7. The van der Waals surface area contributed by atoms with Gasteiger partial charge in [0, 0.05) is 24.4 Å². The van der Waals surface area contributed by atoms with E-state index in [1.165, 1.54) is 24.5 Å². The van der Waals surface area contributed by atoms with Crippen LogP contribution in [0.4, 0.5) is 0 Å². The van der Waals surface area contributed by atoms with Gasteiger partial charge in [-0.05, 0) is 11.6 Å². The zero-order valence-electron chi connectivity index (χ0n) is 17.6. The summed E-state index contributed by atoms with van der Waals surface area (Å²) >= 11 is 0. The van der Waals surface area contributed by atoms with Crippen molar-refractivity contribution in [2.24, 2.45) is 0 Å². The van der Waals surface area contributed by atoms with Gasteiger partial charge in [-0.3, -0.25) is 4.79 Å². The van der Waals surface area contributed by atoms with Crippen molar-refractivity contribution in [1.82, 2.24) is 19.1 Å². The number of hydrogen-bond donors (Lipinski definition) is 1. The summed E-state index contributed by atoms with van der Waals surface area (Å²) < 4.78 is 37.5. The summed E-state index contributed by atoms with van der Waals surface area (Å²) in [6.45, 7) is 1.07. The monoisotopic (exact) mass is 470 g/mol. The third kappa shape index (κ3) is 4.10. The summed E-state index contributed by atoms with van der Waals surface area (Å²) in [4.78, 5) is 18.6. The number of aliphatic hydroxyl groups is 1. The van der Waals surface area contributed by atoms with Crippen LogP contribution < -0.4 is 4.74 Å². The second kappa shape index (κ2) is 8.58. The Bertz CT molecular complexity index is 1230. The molecule has 0 radical (unpaired) electrons. The fourth-order valence-electron chi connectivity index (χ4n) is 3.79. The molecule has 1 amide bonds. The molecule has 3 aromatic rings. The van der Waals surface area contributed by atoms with Crippen LogP contribution in [0.25, 0.3) is 0 Å². The number of hydrogen-bond acceptors (Lipinski definition) is 8. The Kier molecular flexibility index (Phi) is 5.60. The van der Waals surface area contributed by atoms with Crippen LogP contribution in [0, 0.1) is 0 Å². The van der Waals surface area contributed by atoms with E-state index in [2.05, 4.69) is 10.1 Å². The number of aliphatic hydroxyl groups excluding tert-OH is 1. The molecule has 1 atom stereocenters. The molecule has 0 aliphatic carbocycles. The average Bonchev–Trinajstić information content (AvgIpc) is 3.38. The summed E-state index contributed by atoms with van der Waals surface area (Å²) in [5.41, 5.74) is 1.89. The van der Waals surface area contributed by atoms with Crippen molar-refractivity contribution in [3.63, 3.8) is 0 Å². The quantitative estimate of drug-likeness (QED) is 0.541. The Morgan fingerprint density at radius 3 is 2.58 bits per heavy atom. The van der Waals surface area contributed by atoms with Gasteiger partial charge in [-0.2, -0.15) is 17.6 Å². The fourth-order valence-corrected chi connectivity index (χ4v) is 4.90. The number of nitrogens with zero attached hydrogens (tertiary/aromatic N) is 4. The van der Waals surface area contributed by atoms with E-state index in [0.29, 0.717) is 30.4 Å². The van der Waals surface area contributed by atoms with Crippen molar-refractivity contribution < 1.29 is 27.8 Å². The maximum absolute atomic E-state index is 13.0. The van der Waals surface area contributed by atoms with Crippen LogP contribution in [-0.2, 0) is 32.6 Å². The van der Waals surface area contributed by atoms with Crippen molar-refractivity contribution in [3.8, 4) is 5.88 Å². The van der Waals surface area contributed by atoms with E-state index in [1.807, 2.05) is 18.2 Å². The largest absolute Gasteiger partial charge is 0.469 e. The first-order valence-electron chi connectivity index (χ1n) is 10.4. The molecule has 1 aromatic carbocycles. The minimum atomic E-state index is -3.94. The highest BCUT2D eigenvalue weighted by Gasteiger charge is 2.33. The minimum Gasteiger partial charge on any atom is -0.469 e. The molecule has 172 valence electrons. The van der Waals surface area contributed by atoms with Gasteiger partial charge >= 0.3 is 0 Å². The van der Waals surface area contributed by atoms with E-state index in [1.54, 1.807) is 17.0 Å². The number of carbonyl (C=O) groups is 1. The zero-order chi connectivity index (χ0) is 23.0. The Morgan fingerprint density at radius 2 is 1.97 bits per heavy atom. The van der Waals surface area contributed by atoms with Gasteiger partial charge in [0.1, 0.15) is 11.0 Å². The van der Waals surface area contributed by atoms with E-state index in [0.717, 1.165) is 9.65 Å². The molecule has 0 bridgehead atoms. The predicted octanol–water partition coefficient (Wildman–Crippen LogP) is 0.911. The summed E-state index contributed by atoms with van der Waals surface area (Å²) in [7, 11) is -3.94. The molecule has 1 saturated heterocycles. The maximum Gasteiger partial charge on any atom is 0.284 e. The average molecular weight is 471 g/mol. The third-order valence-corrected chi connectivity index (χ3v) is 7.22. The molecule has 1 fully saturated rings. The first kappa shape index (κ1) is 21.6. The van der Waals surface area contributed by atoms with Gasteiger partial charge in [-0.25, -0.2) is 4.98 Å². The van der Waals surface area contributed by atoms with Crippen molar-refractivity contribution >= 4 is 15.9 Å². The molecule has 2 aliphatic heterocycles. The second-order valence-corrected chi connectivity index (χ2v) is 9.72. The van der Waals surface area contributed by atoms with E-state index >= 15 is 0 Å². The highest BCUT2D eigenvalue weighted by atomic mass is 32.2. The molecule has 11 heteroatoms. The number of benzene rings is 1. The standard InChI is InChI=1S/C22H22N4O6S/c27-12-19(15-4-2-1-3-5-15)22(28)25-9-16-10-26(24-20(16)11-25)33(29,30)18-6-7-21(23-8-18)32-17-13-31-14-17/h1-8,10,17,19,27H,9,11-14H2/t19-/m1/s1. The van der Waals surface area contributed by atoms with E-state index in [9.17, 15) is 18.3 Å². The number of pyridine rings is 1. The third-order valence-electron chi connectivity index (χ3n) is 5.70. The highest BCUT2D eigenvalue weighted by Crippen LogP contribution is 2.28. The van der Waals surface area contributed by atoms with Gasteiger partial charge in [0.2, 0.25) is 11.8 Å². The van der Waals surface area contributed by atoms with Gasteiger partial charge in [-0.15, -0.1) is 0 Å². The Labute approximate surface area is 190 Å². The second-order valence-electron chi connectivity index (χ2n) is 7.93. The van der Waals surface area contributed by atoms with Gasteiger partial charge in [0.25, 0.3) is 10.0 Å². The number of ether oxygens (including phenoxy) is 2. The van der Waals surface area contributed by atoms with Crippen molar-refractivity contribution in [3.05, 3.63) is 71.7 Å². The Hall–Kier alpha value is -3.28. The first-order chi connectivity index (χ1) is 16.0. The normalized spacial score (nSPS) is 16.8. The molecule has 2 aromatic heterocycles. The van der Waals surface area contributed by atoms with Crippen molar-refractivity contribution in [1.29, 1.82) is 0 Å². The lowest BCUT2D eigenvalue weighted by Crippen LogP contribution is -2.38. The lowest BCUT2D eigenvalue weighted by Gasteiger charge is -2.26. The maximum atomic E-state index is 13.0. The number of carbonyl (C=O) groups excluding carboxylic acids is 1. The van der Waals surface area contributed by atoms with E-state index in [4.69, 9.17) is 9.47 Å². The molecular formula is C22H22N4O6S. The van der Waals surface area contributed by atoms with Crippen LogP contribution in [0.2, 0.25) is 0 Å². The predicted molar refractivity (Wildman–Crippen MR) is 115 cm³/mol. The van der Waals surface area contributed by atoms with Crippen LogP contribution in [0.3, 0.4) is 0 Å². The molecule has 1 N–H and O–H groups in total. The minimum absolute atomic E-state index is 0.0155. The van der Waals surface area contributed by atoms with Gasteiger partial charge in [0.05, 0.1) is 44.2 Å². The topological polar surface area (TPSA) is 124 Å². The molecule has 0 saturated carbocycles. The molecule has 0 spiro atoms. The van der Waals surface area contributed by atoms with E-state index < -0.39 is 15.9 Å². The summed E-state index contributed by atoms with van der Waals surface area (Å²) in [5.74, 6) is -0.576. The highest BCUT2D eigenvalue weighted by molar-refractivity contribution is 7.89.